The zero-order valence-corrected chi connectivity index (χ0v) is 35.6. The first-order valence-electron chi connectivity index (χ1n) is 22.8. The van der Waals surface area contributed by atoms with Crippen molar-refractivity contribution in [3.8, 4) is 0 Å². The summed E-state index contributed by atoms with van der Waals surface area (Å²) in [5, 5.41) is 0. The second kappa shape index (κ2) is 37.9. The molecule has 0 aliphatic rings. The second-order valence-electron chi connectivity index (χ2n) is 16.7. The molecule has 0 bridgehead atoms. The summed E-state index contributed by atoms with van der Waals surface area (Å²) in [7, 11) is 4.19. The van der Waals surface area contributed by atoms with E-state index in [4.69, 9.17) is 4.74 Å². The third kappa shape index (κ3) is 33.0. The van der Waals surface area contributed by atoms with Crippen molar-refractivity contribution < 1.29 is 9.53 Å². The Bertz CT molecular complexity index is 697. The van der Waals surface area contributed by atoms with E-state index in [9.17, 15) is 4.79 Å². The van der Waals surface area contributed by atoms with Gasteiger partial charge < -0.3 is 9.64 Å². The highest BCUT2D eigenvalue weighted by atomic mass is 16.5. The fraction of sp³-hybridized carbons (Fsp3) is 0.936. The van der Waals surface area contributed by atoms with Gasteiger partial charge in [-0.05, 0) is 71.0 Å². The van der Waals surface area contributed by atoms with Crippen molar-refractivity contribution in [3.63, 3.8) is 0 Å². The molecule has 0 spiro atoms. The van der Waals surface area contributed by atoms with E-state index in [-0.39, 0.29) is 11.9 Å². The molecule has 3 nitrogen and oxygen atoms in total. The van der Waals surface area contributed by atoms with Crippen molar-refractivity contribution in [2.24, 2.45) is 17.8 Å². The summed E-state index contributed by atoms with van der Waals surface area (Å²) in [4.78, 5) is 15.0. The molecule has 0 saturated heterocycles. The van der Waals surface area contributed by atoms with Gasteiger partial charge in [-0.2, -0.15) is 0 Å². The smallest absolute Gasteiger partial charge is 0.308 e. The SMILES string of the molecule is CCCCCCCCCCCCCCCCC(=CC(C)C(C)C(C)C(=O)OCCCCN(C)C)CCCCCCCCCCCCCCCC. The fourth-order valence-electron chi connectivity index (χ4n) is 7.41. The minimum Gasteiger partial charge on any atom is -0.465 e. The van der Waals surface area contributed by atoms with E-state index < -0.39 is 0 Å². The van der Waals surface area contributed by atoms with E-state index in [1.54, 1.807) is 5.57 Å². The van der Waals surface area contributed by atoms with E-state index in [0.717, 1.165) is 19.4 Å². The van der Waals surface area contributed by atoms with Crippen LogP contribution in [0.3, 0.4) is 0 Å². The van der Waals surface area contributed by atoms with Gasteiger partial charge in [-0.3, -0.25) is 4.79 Å². The zero-order valence-electron chi connectivity index (χ0n) is 35.6. The largest absolute Gasteiger partial charge is 0.465 e. The summed E-state index contributed by atoms with van der Waals surface area (Å²) in [5.74, 6) is 0.633. The molecule has 0 fully saturated rings. The number of nitrogens with zero attached hydrogens (tertiary/aromatic N) is 1. The molecule has 0 aliphatic heterocycles. The van der Waals surface area contributed by atoms with Crippen LogP contribution in [0.25, 0.3) is 0 Å². The van der Waals surface area contributed by atoms with Crippen LogP contribution in [0.15, 0.2) is 11.6 Å². The molecule has 0 aliphatic carbocycles. The Hall–Kier alpha value is -0.830. The second-order valence-corrected chi connectivity index (χ2v) is 16.7. The third-order valence-electron chi connectivity index (χ3n) is 11.4. The van der Waals surface area contributed by atoms with Gasteiger partial charge in [0.2, 0.25) is 0 Å². The van der Waals surface area contributed by atoms with Crippen LogP contribution in [0.2, 0.25) is 0 Å². The predicted octanol–water partition coefficient (Wildman–Crippen LogP) is 15.4. The van der Waals surface area contributed by atoms with Gasteiger partial charge in [0.05, 0.1) is 12.5 Å². The molecule has 0 aromatic heterocycles. The number of hydrogen-bond donors (Lipinski definition) is 0. The first kappa shape index (κ1) is 49.2. The molecule has 3 unspecified atom stereocenters. The molecular weight excluding hydrogens is 611 g/mol. The summed E-state index contributed by atoms with van der Waals surface area (Å²) < 4.78 is 5.70. The summed E-state index contributed by atoms with van der Waals surface area (Å²) in [6.45, 7) is 12.9. The zero-order chi connectivity index (χ0) is 36.9. The lowest BCUT2D eigenvalue weighted by molar-refractivity contribution is -0.150. The summed E-state index contributed by atoms with van der Waals surface area (Å²) >= 11 is 0. The highest BCUT2D eigenvalue weighted by molar-refractivity contribution is 5.72. The number of allylic oxidation sites excluding steroid dienone is 2. The van der Waals surface area contributed by atoms with Gasteiger partial charge in [-0.15, -0.1) is 0 Å². The average molecular weight is 704 g/mol. The molecule has 0 N–H and O–H groups in total. The number of carbonyl (C=O) groups is 1. The quantitative estimate of drug-likeness (QED) is 0.0363. The van der Waals surface area contributed by atoms with Crippen molar-refractivity contribution in [2.75, 3.05) is 27.2 Å². The lowest BCUT2D eigenvalue weighted by Gasteiger charge is -2.24. The van der Waals surface area contributed by atoms with Gasteiger partial charge in [0.25, 0.3) is 0 Å². The number of unbranched alkanes of at least 4 members (excludes halogenated alkanes) is 27. The van der Waals surface area contributed by atoms with Crippen LogP contribution in [0.1, 0.15) is 240 Å². The van der Waals surface area contributed by atoms with Crippen LogP contribution in [-0.4, -0.2) is 38.1 Å². The molecule has 0 rings (SSSR count). The van der Waals surface area contributed by atoms with E-state index in [1.165, 1.54) is 193 Å². The number of hydrogen-bond acceptors (Lipinski definition) is 3. The Morgan fingerprint density at radius 3 is 1.18 bits per heavy atom. The minimum atomic E-state index is -0.0570. The monoisotopic (exact) mass is 704 g/mol. The fourth-order valence-corrected chi connectivity index (χ4v) is 7.41. The molecule has 3 atom stereocenters. The van der Waals surface area contributed by atoms with Crippen LogP contribution in [0, 0.1) is 17.8 Å². The number of rotatable bonds is 39. The number of carbonyl (C=O) groups excluding carboxylic acids is 1. The third-order valence-corrected chi connectivity index (χ3v) is 11.4. The van der Waals surface area contributed by atoms with Gasteiger partial charge in [-0.1, -0.05) is 213 Å². The first-order chi connectivity index (χ1) is 24.3. The molecule has 0 saturated carbocycles. The van der Waals surface area contributed by atoms with Crippen LogP contribution in [0.4, 0.5) is 0 Å². The highest BCUT2D eigenvalue weighted by Gasteiger charge is 2.25. The Balaban J connectivity index is 4.50. The van der Waals surface area contributed by atoms with Crippen LogP contribution in [-0.2, 0) is 9.53 Å². The lowest BCUT2D eigenvalue weighted by Crippen LogP contribution is -2.26. The van der Waals surface area contributed by atoms with Crippen LogP contribution < -0.4 is 0 Å². The maximum Gasteiger partial charge on any atom is 0.308 e. The van der Waals surface area contributed by atoms with E-state index in [1.807, 2.05) is 0 Å². The van der Waals surface area contributed by atoms with Crippen molar-refractivity contribution in [1.29, 1.82) is 0 Å². The molecular formula is C47H93NO2. The molecule has 50 heavy (non-hydrogen) atoms. The first-order valence-corrected chi connectivity index (χ1v) is 22.8. The van der Waals surface area contributed by atoms with Gasteiger partial charge in [0.15, 0.2) is 0 Å². The Morgan fingerprint density at radius 2 is 0.840 bits per heavy atom. The van der Waals surface area contributed by atoms with Gasteiger partial charge >= 0.3 is 5.97 Å². The van der Waals surface area contributed by atoms with Gasteiger partial charge in [-0.25, -0.2) is 0 Å². The summed E-state index contributed by atoms with van der Waals surface area (Å²) in [6.07, 6.45) is 46.7. The predicted molar refractivity (Wildman–Crippen MR) is 224 cm³/mol. The average Bonchev–Trinajstić information content (AvgIpc) is 3.10. The highest BCUT2D eigenvalue weighted by Crippen LogP contribution is 2.28. The minimum absolute atomic E-state index is 0.0110. The molecule has 0 radical (unpaired) electrons. The Morgan fingerprint density at radius 1 is 0.500 bits per heavy atom. The Labute approximate surface area is 316 Å². The van der Waals surface area contributed by atoms with Crippen molar-refractivity contribution in [3.05, 3.63) is 11.6 Å². The normalized spacial score (nSPS) is 13.4. The molecule has 3 heteroatoms. The van der Waals surface area contributed by atoms with Crippen LogP contribution >= 0.6 is 0 Å². The standard InChI is InChI=1S/C47H93NO2/c1-8-10-12-14-16-18-20-22-24-26-28-30-32-34-38-46(39-35-33-31-29-27-25-23-21-19-17-15-13-11-9-2)42-43(3)44(4)45(5)47(49)50-41-37-36-40-48(6)7/h42-45H,8-41H2,1-7H3. The molecule has 0 aromatic carbocycles. The van der Waals surface area contributed by atoms with E-state index in [0.29, 0.717) is 18.4 Å². The summed E-state index contributed by atoms with van der Waals surface area (Å²) in [5.41, 5.74) is 1.66. The van der Waals surface area contributed by atoms with Gasteiger partial charge in [0, 0.05) is 0 Å². The number of esters is 1. The van der Waals surface area contributed by atoms with Crippen molar-refractivity contribution in [1.82, 2.24) is 4.90 Å². The summed E-state index contributed by atoms with van der Waals surface area (Å²) in [6, 6.07) is 0. The van der Waals surface area contributed by atoms with Crippen molar-refractivity contribution >= 4 is 5.97 Å². The van der Waals surface area contributed by atoms with E-state index in [2.05, 4.69) is 59.7 Å². The number of ether oxygens (including phenoxy) is 1. The molecule has 0 aromatic rings. The maximum absolute atomic E-state index is 12.9. The lowest BCUT2D eigenvalue weighted by atomic mass is 9.83. The van der Waals surface area contributed by atoms with E-state index >= 15 is 0 Å². The topological polar surface area (TPSA) is 29.5 Å². The van der Waals surface area contributed by atoms with Gasteiger partial charge in [0.1, 0.15) is 0 Å². The Kier molecular flexibility index (Phi) is 37.3. The molecule has 0 heterocycles. The van der Waals surface area contributed by atoms with Crippen molar-refractivity contribution in [2.45, 2.75) is 240 Å². The molecule has 298 valence electrons. The van der Waals surface area contributed by atoms with Crippen LogP contribution in [0.5, 0.6) is 0 Å². The maximum atomic E-state index is 12.9. The molecule has 0 amide bonds.